The van der Waals surface area contributed by atoms with Gasteiger partial charge in [-0.05, 0) is 79.4 Å². The summed E-state index contributed by atoms with van der Waals surface area (Å²) in [7, 11) is 0. The van der Waals surface area contributed by atoms with Crippen molar-refractivity contribution >= 4 is 34.7 Å². The van der Waals surface area contributed by atoms with E-state index < -0.39 is 0 Å². The lowest BCUT2D eigenvalue weighted by atomic mass is 10.1. The highest BCUT2D eigenvalue weighted by Crippen LogP contribution is 2.20. The number of rotatable bonds is 3. The molecule has 1 aromatic heterocycles. The fraction of sp³-hybridized carbons (Fsp3) is 0.0968. The number of aryl methyl sites for hydroxylation is 1. The molecule has 0 spiro atoms. The quantitative estimate of drug-likeness (QED) is 0.295. The number of hydrogen-bond donors (Lipinski definition) is 0. The second-order valence-electron chi connectivity index (χ2n) is 8.40. The van der Waals surface area contributed by atoms with Crippen molar-refractivity contribution in [2.45, 2.75) is 19.8 Å². The van der Waals surface area contributed by atoms with Crippen LogP contribution in [0.25, 0.3) is 28.7 Å². The van der Waals surface area contributed by atoms with E-state index in [2.05, 4.69) is 30.1 Å². The third-order valence-corrected chi connectivity index (χ3v) is 6.13. The molecule has 0 aliphatic heterocycles. The van der Waals surface area contributed by atoms with Crippen LogP contribution in [0.3, 0.4) is 0 Å². The van der Waals surface area contributed by atoms with Gasteiger partial charge in [0.1, 0.15) is 5.82 Å². The molecule has 0 N–H and O–H groups in total. The average molecular weight is 475 g/mol. The molecule has 5 rings (SSSR count). The number of allylic oxidation sites excluding steroid dienone is 4. The van der Waals surface area contributed by atoms with E-state index in [0.29, 0.717) is 21.7 Å². The van der Waals surface area contributed by atoms with Crippen LogP contribution >= 0.6 is 11.6 Å². The summed E-state index contributed by atoms with van der Waals surface area (Å²) in [5.41, 5.74) is 5.21. The number of benzene rings is 3. The third kappa shape index (κ3) is 5.04. The first-order valence-corrected chi connectivity index (χ1v) is 11.9. The van der Waals surface area contributed by atoms with Crippen LogP contribution in [0.4, 0.5) is 0 Å². The van der Waals surface area contributed by atoms with Crippen molar-refractivity contribution in [2.24, 2.45) is 0 Å². The summed E-state index contributed by atoms with van der Waals surface area (Å²) >= 11 is 6.02. The Bertz CT molecular complexity index is 1630. The highest BCUT2D eigenvalue weighted by atomic mass is 35.5. The van der Waals surface area contributed by atoms with E-state index in [1.165, 1.54) is 0 Å². The van der Waals surface area contributed by atoms with Gasteiger partial charge in [0.15, 0.2) is 0 Å². The van der Waals surface area contributed by atoms with E-state index in [0.717, 1.165) is 40.8 Å². The highest BCUT2D eigenvalue weighted by molar-refractivity contribution is 6.30. The zero-order chi connectivity index (χ0) is 24.2. The molecular formula is C31H23ClN2O. The second-order valence-corrected chi connectivity index (χ2v) is 8.84. The molecule has 1 aliphatic carbocycles. The number of aromatic nitrogens is 2. The van der Waals surface area contributed by atoms with E-state index >= 15 is 0 Å². The van der Waals surface area contributed by atoms with Crippen LogP contribution < -0.4 is 5.56 Å². The number of nitrogens with zero attached hydrogens (tertiary/aromatic N) is 2. The van der Waals surface area contributed by atoms with Crippen molar-refractivity contribution in [3.63, 3.8) is 0 Å². The molecule has 0 unspecified atom stereocenters. The summed E-state index contributed by atoms with van der Waals surface area (Å²) in [6.45, 7) is 1.99. The smallest absolute Gasteiger partial charge is 0.266 e. The largest absolute Gasteiger partial charge is 0.268 e. The lowest BCUT2D eigenvalue weighted by Crippen LogP contribution is -2.23. The van der Waals surface area contributed by atoms with Gasteiger partial charge in [-0.2, -0.15) is 0 Å². The lowest BCUT2D eigenvalue weighted by Gasteiger charge is -2.14. The van der Waals surface area contributed by atoms with Gasteiger partial charge in [0.05, 0.1) is 16.6 Å². The second kappa shape index (κ2) is 10.0. The molecule has 0 saturated heterocycles. The minimum atomic E-state index is -0.106. The zero-order valence-electron chi connectivity index (χ0n) is 19.3. The molecule has 4 heteroatoms. The maximum Gasteiger partial charge on any atom is 0.266 e. The Hall–Kier alpha value is -4.13. The summed E-state index contributed by atoms with van der Waals surface area (Å²) < 4.78 is 1.67. The molecule has 0 saturated carbocycles. The maximum atomic E-state index is 13.6. The summed E-state index contributed by atoms with van der Waals surface area (Å²) in [4.78, 5) is 18.4. The summed E-state index contributed by atoms with van der Waals surface area (Å²) in [5.74, 6) is 7.04. The van der Waals surface area contributed by atoms with E-state index in [1.807, 2.05) is 85.8 Å². The SMILES string of the molecule is Cc1cc(C#CC2=CCCC=C2)ccc1-n1c(/C=C/c2ccc(Cl)cc2)nc2ccccc2c1=O. The van der Waals surface area contributed by atoms with Gasteiger partial charge in [-0.3, -0.25) is 9.36 Å². The Kier molecular flexibility index (Phi) is 6.48. The van der Waals surface area contributed by atoms with Crippen LogP contribution in [0.5, 0.6) is 0 Å². The van der Waals surface area contributed by atoms with Crippen LogP contribution in [-0.4, -0.2) is 9.55 Å². The molecule has 4 aromatic rings. The van der Waals surface area contributed by atoms with Crippen LogP contribution in [0.1, 0.15) is 35.4 Å². The van der Waals surface area contributed by atoms with Crippen LogP contribution in [0, 0.1) is 18.8 Å². The molecule has 1 heterocycles. The predicted octanol–water partition coefficient (Wildman–Crippen LogP) is 7.15. The minimum Gasteiger partial charge on any atom is -0.268 e. The fourth-order valence-electron chi connectivity index (χ4n) is 4.07. The first-order chi connectivity index (χ1) is 17.1. The van der Waals surface area contributed by atoms with Crippen molar-refractivity contribution in [1.29, 1.82) is 0 Å². The third-order valence-electron chi connectivity index (χ3n) is 5.88. The van der Waals surface area contributed by atoms with Crippen molar-refractivity contribution in [2.75, 3.05) is 0 Å². The Morgan fingerprint density at radius 3 is 2.57 bits per heavy atom. The standard InChI is InChI=1S/C31H23ClN2O/c1-22-21-25(12-11-23-7-3-2-4-8-23)15-19-29(22)34-30(20-16-24-13-17-26(32)18-14-24)33-28-10-6-5-9-27(28)31(34)35/h3,5-10,13-21H,2,4H2,1H3/b20-16+. The summed E-state index contributed by atoms with van der Waals surface area (Å²) in [6, 6.07) is 20.9. The van der Waals surface area contributed by atoms with Crippen LogP contribution in [0.15, 0.2) is 95.3 Å². The molecule has 0 bridgehead atoms. The van der Waals surface area contributed by atoms with Gasteiger partial charge in [0, 0.05) is 16.2 Å². The van der Waals surface area contributed by atoms with Crippen LogP contribution in [0.2, 0.25) is 5.02 Å². The molecule has 0 radical (unpaired) electrons. The van der Waals surface area contributed by atoms with Gasteiger partial charge in [0.25, 0.3) is 5.56 Å². The van der Waals surface area contributed by atoms with Crippen molar-refractivity contribution < 1.29 is 0 Å². The molecule has 0 fully saturated rings. The van der Waals surface area contributed by atoms with Gasteiger partial charge in [0.2, 0.25) is 0 Å². The fourth-order valence-corrected chi connectivity index (χ4v) is 4.20. The van der Waals surface area contributed by atoms with Gasteiger partial charge >= 0.3 is 0 Å². The molecular weight excluding hydrogens is 452 g/mol. The van der Waals surface area contributed by atoms with Crippen molar-refractivity contribution in [1.82, 2.24) is 9.55 Å². The molecule has 0 atom stereocenters. The molecule has 170 valence electrons. The molecule has 0 amide bonds. The monoisotopic (exact) mass is 474 g/mol. The zero-order valence-corrected chi connectivity index (χ0v) is 20.1. The Morgan fingerprint density at radius 1 is 0.971 bits per heavy atom. The van der Waals surface area contributed by atoms with Gasteiger partial charge < -0.3 is 0 Å². The number of fused-ring (bicyclic) bond motifs is 1. The van der Waals surface area contributed by atoms with Crippen molar-refractivity contribution in [3.8, 4) is 17.5 Å². The van der Waals surface area contributed by atoms with Crippen molar-refractivity contribution in [3.05, 3.63) is 128 Å². The highest BCUT2D eigenvalue weighted by Gasteiger charge is 2.13. The molecule has 3 aromatic carbocycles. The minimum absolute atomic E-state index is 0.106. The molecule has 3 nitrogen and oxygen atoms in total. The Morgan fingerprint density at radius 2 is 1.80 bits per heavy atom. The number of para-hydroxylation sites is 1. The Labute approximate surface area is 209 Å². The van der Waals surface area contributed by atoms with Gasteiger partial charge in [-0.25, -0.2) is 4.98 Å². The number of hydrogen-bond acceptors (Lipinski definition) is 2. The van der Waals surface area contributed by atoms with Gasteiger partial charge in [-0.15, -0.1) is 0 Å². The Balaban J connectivity index is 1.60. The van der Waals surface area contributed by atoms with Gasteiger partial charge in [-0.1, -0.05) is 72.0 Å². The normalized spacial score (nSPS) is 13.0. The number of halogens is 1. The average Bonchev–Trinajstić information content (AvgIpc) is 2.88. The van der Waals surface area contributed by atoms with E-state index in [-0.39, 0.29) is 5.56 Å². The van der Waals surface area contributed by atoms with Crippen LogP contribution in [-0.2, 0) is 0 Å². The van der Waals surface area contributed by atoms with E-state index in [1.54, 1.807) is 4.57 Å². The topological polar surface area (TPSA) is 34.9 Å². The van der Waals surface area contributed by atoms with E-state index in [4.69, 9.17) is 16.6 Å². The molecule has 35 heavy (non-hydrogen) atoms. The maximum absolute atomic E-state index is 13.6. The summed E-state index contributed by atoms with van der Waals surface area (Å²) in [6.07, 6.45) is 12.3. The first kappa shape index (κ1) is 22.7. The lowest BCUT2D eigenvalue weighted by molar-refractivity contribution is 0.934. The molecule has 1 aliphatic rings. The van der Waals surface area contributed by atoms with E-state index in [9.17, 15) is 4.79 Å². The predicted molar refractivity (Wildman–Crippen MR) is 146 cm³/mol. The first-order valence-electron chi connectivity index (χ1n) is 11.5. The summed E-state index contributed by atoms with van der Waals surface area (Å²) in [5, 5.41) is 1.26.